The van der Waals surface area contributed by atoms with Crippen molar-refractivity contribution in [3.8, 4) is 5.75 Å². The molecule has 2 aromatic rings. The molecule has 0 heterocycles. The third-order valence-corrected chi connectivity index (χ3v) is 3.71. The van der Waals surface area contributed by atoms with Crippen molar-refractivity contribution >= 4 is 23.4 Å². The minimum Gasteiger partial charge on any atom is -0.496 e. The highest BCUT2D eigenvalue weighted by atomic mass is 32.2. The summed E-state index contributed by atoms with van der Waals surface area (Å²) >= 11 is 1.09. The fraction of sp³-hybridized carbons (Fsp3) is 0.0714. The molecular weight excluding hydrogens is 281 g/mol. The third kappa shape index (κ3) is 2.85. The number of anilines is 1. The van der Waals surface area contributed by atoms with Gasteiger partial charge in [-0.1, -0.05) is 23.9 Å². The summed E-state index contributed by atoms with van der Waals surface area (Å²) in [7, 11) is 1.52. The van der Waals surface area contributed by atoms with Gasteiger partial charge in [0.1, 0.15) is 11.6 Å². The molecule has 20 heavy (non-hydrogen) atoms. The van der Waals surface area contributed by atoms with E-state index in [1.54, 1.807) is 24.3 Å². The average Bonchev–Trinajstić information content (AvgIpc) is 2.42. The van der Waals surface area contributed by atoms with Gasteiger partial charge >= 0.3 is 5.97 Å². The molecule has 3 N–H and O–H groups in total. The lowest BCUT2D eigenvalue weighted by molar-refractivity contribution is 0.0697. The fourth-order valence-electron chi connectivity index (χ4n) is 1.65. The lowest BCUT2D eigenvalue weighted by Gasteiger charge is -2.10. The van der Waals surface area contributed by atoms with Crippen LogP contribution < -0.4 is 10.5 Å². The molecule has 0 unspecified atom stereocenters. The van der Waals surface area contributed by atoms with Gasteiger partial charge in [-0.2, -0.15) is 0 Å². The number of nitrogen functional groups attached to an aromatic ring is 1. The highest BCUT2D eigenvalue weighted by Crippen LogP contribution is 2.37. The smallest absolute Gasteiger partial charge is 0.337 e. The van der Waals surface area contributed by atoms with Crippen LogP contribution in [0.3, 0.4) is 0 Å². The number of hydrogen-bond acceptors (Lipinski definition) is 4. The summed E-state index contributed by atoms with van der Waals surface area (Å²) in [6, 6.07) is 9.34. The second-order valence-electron chi connectivity index (χ2n) is 3.93. The maximum absolute atomic E-state index is 13.9. The molecule has 104 valence electrons. The monoisotopic (exact) mass is 293 g/mol. The Bertz CT molecular complexity index is 661. The van der Waals surface area contributed by atoms with Gasteiger partial charge in [0.25, 0.3) is 0 Å². The molecule has 0 aromatic heterocycles. The van der Waals surface area contributed by atoms with E-state index in [-0.39, 0.29) is 16.1 Å². The second kappa shape index (κ2) is 5.83. The molecule has 0 radical (unpaired) electrons. The molecule has 0 bridgehead atoms. The van der Waals surface area contributed by atoms with Crippen molar-refractivity contribution in [1.29, 1.82) is 0 Å². The quantitative estimate of drug-likeness (QED) is 0.846. The first kappa shape index (κ1) is 14.2. The average molecular weight is 293 g/mol. The molecule has 2 aromatic carbocycles. The number of carboxylic acids is 1. The first-order chi connectivity index (χ1) is 9.52. The summed E-state index contributed by atoms with van der Waals surface area (Å²) in [6.07, 6.45) is 0. The SMILES string of the molecule is COc1ccccc1Sc1cc(C(=O)O)c(N)cc1F. The van der Waals surface area contributed by atoms with Crippen LogP contribution in [0, 0.1) is 5.82 Å². The minimum atomic E-state index is -1.19. The second-order valence-corrected chi connectivity index (χ2v) is 5.01. The first-order valence-corrected chi connectivity index (χ1v) is 6.47. The van der Waals surface area contributed by atoms with Crippen LogP contribution in [0.5, 0.6) is 5.75 Å². The minimum absolute atomic E-state index is 0.0978. The molecule has 0 saturated carbocycles. The van der Waals surface area contributed by atoms with E-state index < -0.39 is 11.8 Å². The molecule has 6 heteroatoms. The van der Waals surface area contributed by atoms with E-state index in [4.69, 9.17) is 15.6 Å². The molecule has 0 atom stereocenters. The Morgan fingerprint density at radius 1 is 1.30 bits per heavy atom. The van der Waals surface area contributed by atoms with Crippen LogP contribution in [-0.4, -0.2) is 18.2 Å². The summed E-state index contributed by atoms with van der Waals surface area (Å²) in [5.41, 5.74) is 5.27. The van der Waals surface area contributed by atoms with Crippen LogP contribution in [-0.2, 0) is 0 Å². The lowest BCUT2D eigenvalue weighted by Crippen LogP contribution is -2.03. The summed E-state index contributed by atoms with van der Waals surface area (Å²) in [5.74, 6) is -1.17. The van der Waals surface area contributed by atoms with Crippen LogP contribution in [0.25, 0.3) is 0 Å². The number of aromatic carboxylic acids is 1. The van der Waals surface area contributed by atoms with Gasteiger partial charge in [0.05, 0.1) is 17.6 Å². The van der Waals surface area contributed by atoms with Gasteiger partial charge in [-0.3, -0.25) is 0 Å². The molecule has 0 amide bonds. The van der Waals surface area contributed by atoms with Gasteiger partial charge in [0, 0.05) is 10.6 Å². The molecule has 4 nitrogen and oxygen atoms in total. The molecule has 0 spiro atoms. The standard InChI is InChI=1S/C14H12FNO3S/c1-19-11-4-2-3-5-12(11)20-13-6-8(14(17)18)10(16)7-9(13)15/h2-7H,16H2,1H3,(H,17,18). The summed E-state index contributed by atoms with van der Waals surface area (Å²) in [5, 5.41) is 9.01. The van der Waals surface area contributed by atoms with Crippen LogP contribution in [0.15, 0.2) is 46.2 Å². The van der Waals surface area contributed by atoms with E-state index in [0.717, 1.165) is 17.8 Å². The predicted octanol–water partition coefficient (Wildman–Crippen LogP) is 3.27. The van der Waals surface area contributed by atoms with Gasteiger partial charge < -0.3 is 15.6 Å². The van der Waals surface area contributed by atoms with E-state index in [1.165, 1.54) is 13.2 Å². The number of halogens is 1. The van der Waals surface area contributed by atoms with E-state index in [9.17, 15) is 9.18 Å². The Labute approximate surface area is 119 Å². The normalized spacial score (nSPS) is 10.3. The molecular formula is C14H12FNO3S. The zero-order chi connectivity index (χ0) is 14.7. The topological polar surface area (TPSA) is 72.5 Å². The van der Waals surface area contributed by atoms with Crippen LogP contribution in [0.4, 0.5) is 10.1 Å². The van der Waals surface area contributed by atoms with E-state index >= 15 is 0 Å². The maximum atomic E-state index is 13.9. The highest BCUT2D eigenvalue weighted by Gasteiger charge is 2.15. The van der Waals surface area contributed by atoms with Crippen molar-refractivity contribution in [3.05, 3.63) is 47.8 Å². The molecule has 2 rings (SSSR count). The Hall–Kier alpha value is -2.21. The van der Waals surface area contributed by atoms with Crippen LogP contribution in [0.1, 0.15) is 10.4 Å². The number of benzene rings is 2. The largest absolute Gasteiger partial charge is 0.496 e. The van der Waals surface area contributed by atoms with Gasteiger partial charge in [-0.15, -0.1) is 0 Å². The first-order valence-electron chi connectivity index (χ1n) is 5.66. The van der Waals surface area contributed by atoms with Crippen LogP contribution in [0.2, 0.25) is 0 Å². The highest BCUT2D eigenvalue weighted by molar-refractivity contribution is 7.99. The zero-order valence-electron chi connectivity index (χ0n) is 10.6. The molecule has 0 aliphatic rings. The molecule has 0 saturated heterocycles. The van der Waals surface area contributed by atoms with Crippen molar-refractivity contribution in [3.63, 3.8) is 0 Å². The van der Waals surface area contributed by atoms with E-state index in [1.807, 2.05) is 0 Å². The number of carboxylic acid groups (broad SMARTS) is 1. The number of nitrogens with two attached hydrogens (primary N) is 1. The van der Waals surface area contributed by atoms with Crippen molar-refractivity contribution in [1.82, 2.24) is 0 Å². The molecule has 0 aliphatic heterocycles. The Morgan fingerprint density at radius 2 is 2.00 bits per heavy atom. The van der Waals surface area contributed by atoms with Gasteiger partial charge in [-0.05, 0) is 24.3 Å². The zero-order valence-corrected chi connectivity index (χ0v) is 11.4. The lowest BCUT2D eigenvalue weighted by atomic mass is 10.2. The van der Waals surface area contributed by atoms with Crippen molar-refractivity contribution in [2.24, 2.45) is 0 Å². The Balaban J connectivity index is 2.43. The number of ether oxygens (including phenoxy) is 1. The van der Waals surface area contributed by atoms with Crippen molar-refractivity contribution in [2.75, 3.05) is 12.8 Å². The van der Waals surface area contributed by atoms with E-state index in [2.05, 4.69) is 0 Å². The third-order valence-electron chi connectivity index (χ3n) is 2.62. The predicted molar refractivity (Wildman–Crippen MR) is 74.9 cm³/mol. The van der Waals surface area contributed by atoms with Gasteiger partial charge in [-0.25, -0.2) is 9.18 Å². The summed E-state index contributed by atoms with van der Waals surface area (Å²) < 4.78 is 19.1. The van der Waals surface area contributed by atoms with Gasteiger partial charge in [0.15, 0.2) is 0 Å². The Morgan fingerprint density at radius 3 is 2.65 bits per heavy atom. The van der Waals surface area contributed by atoms with Crippen molar-refractivity contribution in [2.45, 2.75) is 9.79 Å². The number of carbonyl (C=O) groups is 1. The number of methoxy groups -OCH3 is 1. The summed E-state index contributed by atoms with van der Waals surface area (Å²) in [4.78, 5) is 11.9. The fourth-order valence-corrected chi connectivity index (χ4v) is 2.62. The van der Waals surface area contributed by atoms with E-state index in [0.29, 0.717) is 10.6 Å². The number of rotatable bonds is 4. The Kier molecular flexibility index (Phi) is 4.14. The number of para-hydroxylation sites is 1. The molecule has 0 fully saturated rings. The number of hydrogen-bond donors (Lipinski definition) is 2. The van der Waals surface area contributed by atoms with Crippen molar-refractivity contribution < 1.29 is 19.0 Å². The molecule has 0 aliphatic carbocycles. The van der Waals surface area contributed by atoms with Crippen LogP contribution >= 0.6 is 11.8 Å². The summed E-state index contributed by atoms with van der Waals surface area (Å²) in [6.45, 7) is 0. The maximum Gasteiger partial charge on any atom is 0.337 e. The van der Waals surface area contributed by atoms with Gasteiger partial charge in [0.2, 0.25) is 0 Å².